The molecule has 5 nitrogen and oxygen atoms in total. The first-order valence-electron chi connectivity index (χ1n) is 5.01. The molecule has 0 saturated carbocycles. The number of methoxy groups -OCH3 is 1. The molecular weight excluding hydrogens is 222 g/mol. The molecule has 0 radical (unpaired) electrons. The monoisotopic (exact) mass is 237 g/mol. The summed E-state index contributed by atoms with van der Waals surface area (Å²) >= 11 is 0. The number of nitrogens with two attached hydrogens (primary N) is 1. The van der Waals surface area contributed by atoms with Crippen molar-refractivity contribution in [1.29, 1.82) is 0 Å². The Morgan fingerprint density at radius 2 is 2.12 bits per heavy atom. The summed E-state index contributed by atoms with van der Waals surface area (Å²) in [5.74, 6) is -0.976. The van der Waals surface area contributed by atoms with Crippen molar-refractivity contribution in [3.05, 3.63) is 28.8 Å². The fraction of sp³-hybridized carbons (Fsp3) is 0.333. The standard InChI is InChI=1S/C12H15NO4/c1-7-4-8(6-14)10(15)9(5-7)12(2,13)11(16)17-3/h4-6,15H,13H2,1-3H3/t12-/m0/s1. The molecule has 0 aliphatic rings. The molecule has 0 fully saturated rings. The minimum absolute atomic E-state index is 0.0978. The molecule has 1 rings (SSSR count). The molecular formula is C12H15NO4. The summed E-state index contributed by atoms with van der Waals surface area (Å²) in [7, 11) is 1.21. The molecule has 3 N–H and O–H groups in total. The average molecular weight is 237 g/mol. The van der Waals surface area contributed by atoms with Crippen LogP contribution in [0.5, 0.6) is 5.75 Å². The van der Waals surface area contributed by atoms with Crippen LogP contribution < -0.4 is 5.73 Å². The number of esters is 1. The van der Waals surface area contributed by atoms with E-state index in [1.54, 1.807) is 13.0 Å². The molecule has 0 spiro atoms. The van der Waals surface area contributed by atoms with E-state index in [4.69, 9.17) is 5.73 Å². The van der Waals surface area contributed by atoms with Crippen molar-refractivity contribution in [2.24, 2.45) is 5.73 Å². The maximum Gasteiger partial charge on any atom is 0.330 e. The van der Waals surface area contributed by atoms with E-state index >= 15 is 0 Å². The van der Waals surface area contributed by atoms with Crippen molar-refractivity contribution in [2.45, 2.75) is 19.4 Å². The predicted molar refractivity (Wildman–Crippen MR) is 61.8 cm³/mol. The van der Waals surface area contributed by atoms with Crippen LogP contribution in [0, 0.1) is 6.92 Å². The van der Waals surface area contributed by atoms with Crippen LogP contribution in [0.1, 0.15) is 28.4 Å². The highest BCUT2D eigenvalue weighted by Crippen LogP contribution is 2.31. The van der Waals surface area contributed by atoms with Gasteiger partial charge in [0, 0.05) is 5.56 Å². The zero-order valence-corrected chi connectivity index (χ0v) is 9.98. The summed E-state index contributed by atoms with van der Waals surface area (Å²) < 4.78 is 4.57. The van der Waals surface area contributed by atoms with Gasteiger partial charge in [-0.05, 0) is 31.5 Å². The Kier molecular flexibility index (Phi) is 3.53. The maximum atomic E-state index is 11.6. The molecule has 0 bridgehead atoms. The third-order valence-electron chi connectivity index (χ3n) is 2.58. The fourth-order valence-electron chi connectivity index (χ4n) is 1.61. The molecule has 17 heavy (non-hydrogen) atoms. The molecule has 0 unspecified atom stereocenters. The smallest absolute Gasteiger partial charge is 0.330 e. The van der Waals surface area contributed by atoms with E-state index < -0.39 is 11.5 Å². The number of carbonyl (C=O) groups is 2. The minimum Gasteiger partial charge on any atom is -0.507 e. The quantitative estimate of drug-likeness (QED) is 0.601. The van der Waals surface area contributed by atoms with E-state index in [9.17, 15) is 14.7 Å². The molecule has 0 saturated heterocycles. The molecule has 0 amide bonds. The largest absolute Gasteiger partial charge is 0.507 e. The van der Waals surface area contributed by atoms with Crippen LogP contribution in [0.2, 0.25) is 0 Å². The molecule has 0 aromatic heterocycles. The summed E-state index contributed by atoms with van der Waals surface area (Å²) in [4.78, 5) is 22.3. The maximum absolute atomic E-state index is 11.6. The third-order valence-corrected chi connectivity index (χ3v) is 2.58. The summed E-state index contributed by atoms with van der Waals surface area (Å²) in [6, 6.07) is 3.07. The van der Waals surface area contributed by atoms with Crippen LogP contribution in [-0.2, 0) is 15.1 Å². The second-order valence-corrected chi connectivity index (χ2v) is 4.06. The van der Waals surface area contributed by atoms with Gasteiger partial charge in [-0.15, -0.1) is 0 Å². The van der Waals surface area contributed by atoms with Gasteiger partial charge in [-0.3, -0.25) is 4.79 Å². The fourth-order valence-corrected chi connectivity index (χ4v) is 1.61. The van der Waals surface area contributed by atoms with Crippen LogP contribution >= 0.6 is 0 Å². The van der Waals surface area contributed by atoms with Gasteiger partial charge in [-0.2, -0.15) is 0 Å². The Hall–Kier alpha value is -1.88. The summed E-state index contributed by atoms with van der Waals surface area (Å²) in [6.45, 7) is 3.16. The Balaban J connectivity index is 3.45. The number of ether oxygens (including phenoxy) is 1. The number of aromatic hydroxyl groups is 1. The molecule has 0 aliphatic heterocycles. The van der Waals surface area contributed by atoms with Crippen LogP contribution in [-0.4, -0.2) is 24.5 Å². The van der Waals surface area contributed by atoms with Gasteiger partial charge in [0.15, 0.2) is 6.29 Å². The molecule has 5 heteroatoms. The zero-order chi connectivity index (χ0) is 13.2. The highest BCUT2D eigenvalue weighted by molar-refractivity contribution is 5.86. The van der Waals surface area contributed by atoms with Gasteiger partial charge in [0.2, 0.25) is 0 Å². The Labute approximate surface area is 99.2 Å². The molecule has 0 heterocycles. The number of phenols is 1. The SMILES string of the molecule is COC(=O)[C@@](C)(N)c1cc(C)cc(C=O)c1O. The van der Waals surface area contributed by atoms with E-state index in [0.29, 0.717) is 6.29 Å². The first-order chi connectivity index (χ1) is 7.84. The summed E-state index contributed by atoms with van der Waals surface area (Å²) in [5.41, 5.74) is 5.33. The van der Waals surface area contributed by atoms with Crippen molar-refractivity contribution in [1.82, 2.24) is 0 Å². The van der Waals surface area contributed by atoms with Gasteiger partial charge < -0.3 is 15.6 Å². The van der Waals surface area contributed by atoms with Crippen LogP contribution in [0.25, 0.3) is 0 Å². The molecule has 1 aromatic carbocycles. The summed E-state index contributed by atoms with van der Waals surface area (Å²) in [6.07, 6.45) is 0.513. The van der Waals surface area contributed by atoms with Crippen molar-refractivity contribution in [3.63, 3.8) is 0 Å². The lowest BCUT2D eigenvalue weighted by Gasteiger charge is -2.23. The first kappa shape index (κ1) is 13.2. The topological polar surface area (TPSA) is 89.6 Å². The first-order valence-corrected chi connectivity index (χ1v) is 5.01. The number of carbonyl (C=O) groups excluding carboxylic acids is 2. The number of hydrogen-bond acceptors (Lipinski definition) is 5. The van der Waals surface area contributed by atoms with E-state index in [1.807, 2.05) is 0 Å². The van der Waals surface area contributed by atoms with Crippen molar-refractivity contribution in [3.8, 4) is 5.75 Å². The van der Waals surface area contributed by atoms with E-state index in [2.05, 4.69) is 4.74 Å². The highest BCUT2D eigenvalue weighted by Gasteiger charge is 2.35. The second kappa shape index (κ2) is 4.55. The number of aldehydes is 1. The van der Waals surface area contributed by atoms with Gasteiger partial charge in [0.05, 0.1) is 12.7 Å². The number of hydrogen-bond donors (Lipinski definition) is 2. The van der Waals surface area contributed by atoms with E-state index in [1.165, 1.54) is 20.1 Å². The lowest BCUT2D eigenvalue weighted by molar-refractivity contribution is -0.146. The summed E-state index contributed by atoms with van der Waals surface area (Å²) in [5, 5.41) is 9.87. The Morgan fingerprint density at radius 1 is 1.53 bits per heavy atom. The number of phenolic OH excluding ortho intramolecular Hbond substituents is 1. The molecule has 92 valence electrons. The van der Waals surface area contributed by atoms with Gasteiger partial charge in [-0.1, -0.05) is 0 Å². The zero-order valence-electron chi connectivity index (χ0n) is 9.98. The lowest BCUT2D eigenvalue weighted by Crippen LogP contribution is -2.42. The normalized spacial score (nSPS) is 13.9. The van der Waals surface area contributed by atoms with Crippen LogP contribution in [0.15, 0.2) is 12.1 Å². The number of aryl methyl sites for hydroxylation is 1. The van der Waals surface area contributed by atoms with Crippen molar-refractivity contribution >= 4 is 12.3 Å². The van der Waals surface area contributed by atoms with Gasteiger partial charge >= 0.3 is 5.97 Å². The number of rotatable bonds is 3. The van der Waals surface area contributed by atoms with Crippen LogP contribution in [0.3, 0.4) is 0 Å². The number of benzene rings is 1. The molecule has 1 atom stereocenters. The van der Waals surface area contributed by atoms with Crippen LogP contribution in [0.4, 0.5) is 0 Å². The van der Waals surface area contributed by atoms with Gasteiger partial charge in [0.1, 0.15) is 11.3 Å². The van der Waals surface area contributed by atoms with Crippen molar-refractivity contribution < 1.29 is 19.4 Å². The average Bonchev–Trinajstić information content (AvgIpc) is 2.30. The molecule has 0 aliphatic carbocycles. The van der Waals surface area contributed by atoms with Gasteiger partial charge in [0.25, 0.3) is 0 Å². The molecule has 1 aromatic rings. The van der Waals surface area contributed by atoms with E-state index in [0.717, 1.165) is 5.56 Å². The minimum atomic E-state index is -1.50. The lowest BCUT2D eigenvalue weighted by atomic mass is 9.89. The Morgan fingerprint density at radius 3 is 2.59 bits per heavy atom. The van der Waals surface area contributed by atoms with E-state index in [-0.39, 0.29) is 16.9 Å². The predicted octanol–water partition coefficient (Wildman–Crippen LogP) is 0.860. The highest BCUT2D eigenvalue weighted by atomic mass is 16.5. The van der Waals surface area contributed by atoms with Crippen molar-refractivity contribution in [2.75, 3.05) is 7.11 Å². The Bertz CT molecular complexity index is 466. The van der Waals surface area contributed by atoms with Gasteiger partial charge in [-0.25, -0.2) is 4.79 Å². The second-order valence-electron chi connectivity index (χ2n) is 4.06. The third kappa shape index (κ3) is 2.29.